The van der Waals surface area contributed by atoms with E-state index in [0.29, 0.717) is 13.0 Å². The van der Waals surface area contributed by atoms with Crippen LogP contribution in [0.4, 0.5) is 0 Å². The van der Waals surface area contributed by atoms with E-state index in [2.05, 4.69) is 32.2 Å². The highest BCUT2D eigenvalue weighted by molar-refractivity contribution is 7.10. The molecule has 0 saturated heterocycles. The molecule has 1 aromatic heterocycles. The van der Waals surface area contributed by atoms with Crippen molar-refractivity contribution in [1.29, 1.82) is 0 Å². The van der Waals surface area contributed by atoms with Gasteiger partial charge in [-0.2, -0.15) is 0 Å². The van der Waals surface area contributed by atoms with E-state index in [4.69, 9.17) is 4.74 Å². The van der Waals surface area contributed by atoms with Gasteiger partial charge in [0.15, 0.2) is 0 Å². The minimum absolute atomic E-state index is 0.0140. The zero-order chi connectivity index (χ0) is 23.7. The largest absolute Gasteiger partial charge is 0.497 e. The highest BCUT2D eigenvalue weighted by Gasteiger charge is 2.36. The quantitative estimate of drug-likeness (QED) is 0.614. The molecule has 1 aliphatic heterocycles. The first-order valence-electron chi connectivity index (χ1n) is 11.2. The van der Waals surface area contributed by atoms with E-state index >= 15 is 0 Å². The Hall–Kier alpha value is -2.34. The van der Waals surface area contributed by atoms with Crippen molar-refractivity contribution in [3.05, 3.63) is 51.7 Å². The number of hydrogen-bond donors (Lipinski definition) is 0. The Bertz CT molecular complexity index is 951. The van der Waals surface area contributed by atoms with Crippen molar-refractivity contribution in [2.45, 2.75) is 66.0 Å². The van der Waals surface area contributed by atoms with Gasteiger partial charge < -0.3 is 14.5 Å². The number of nitrogens with zero attached hydrogens (tertiary/aromatic N) is 2. The second-order valence-electron chi connectivity index (χ2n) is 10.7. The topological polar surface area (TPSA) is 49.9 Å². The molecule has 174 valence electrons. The molecular weight excluding hydrogens is 420 g/mol. The summed E-state index contributed by atoms with van der Waals surface area (Å²) in [5, 5.41) is 2.10. The smallest absolute Gasteiger partial charge is 0.243 e. The molecule has 0 aliphatic carbocycles. The molecule has 2 heterocycles. The van der Waals surface area contributed by atoms with Crippen LogP contribution in [0, 0.1) is 5.41 Å². The predicted molar refractivity (Wildman–Crippen MR) is 130 cm³/mol. The highest BCUT2D eigenvalue weighted by Crippen LogP contribution is 2.38. The molecule has 3 rings (SSSR count). The van der Waals surface area contributed by atoms with E-state index in [0.717, 1.165) is 17.7 Å². The summed E-state index contributed by atoms with van der Waals surface area (Å²) in [5.41, 5.74) is 1.67. The first-order valence-corrected chi connectivity index (χ1v) is 12.1. The SMILES string of the molecule is COc1ccc(C2c3ccsc3CCN2C(=O)CN(C(=O)CC(C)(C)C)C(C)(C)C)cc1. The van der Waals surface area contributed by atoms with Crippen molar-refractivity contribution in [2.75, 3.05) is 20.2 Å². The lowest BCUT2D eigenvalue weighted by Crippen LogP contribution is -2.53. The van der Waals surface area contributed by atoms with Gasteiger partial charge in [-0.3, -0.25) is 9.59 Å². The lowest BCUT2D eigenvalue weighted by atomic mass is 9.90. The van der Waals surface area contributed by atoms with Crippen LogP contribution < -0.4 is 4.74 Å². The van der Waals surface area contributed by atoms with Crippen LogP contribution in [0.25, 0.3) is 0 Å². The normalized spacial score (nSPS) is 16.5. The Morgan fingerprint density at radius 1 is 1.09 bits per heavy atom. The summed E-state index contributed by atoms with van der Waals surface area (Å²) in [5.74, 6) is 0.798. The Balaban J connectivity index is 1.91. The van der Waals surface area contributed by atoms with Gasteiger partial charge in [-0.25, -0.2) is 0 Å². The van der Waals surface area contributed by atoms with Crippen molar-refractivity contribution >= 4 is 23.2 Å². The lowest BCUT2D eigenvalue weighted by molar-refractivity contribution is -0.147. The molecule has 2 aromatic rings. The van der Waals surface area contributed by atoms with E-state index in [1.807, 2.05) is 49.9 Å². The van der Waals surface area contributed by atoms with E-state index in [9.17, 15) is 9.59 Å². The van der Waals surface area contributed by atoms with Crippen LogP contribution in [0.5, 0.6) is 5.75 Å². The maximum absolute atomic E-state index is 13.7. The third-order valence-corrected chi connectivity index (χ3v) is 6.80. The fraction of sp³-hybridized carbons (Fsp3) is 0.538. The summed E-state index contributed by atoms with van der Waals surface area (Å²) in [6.45, 7) is 12.9. The summed E-state index contributed by atoms with van der Waals surface area (Å²) >= 11 is 1.75. The number of amides is 2. The number of carbonyl (C=O) groups excluding carboxylic acids is 2. The molecule has 1 aliphatic rings. The first kappa shape index (κ1) is 24.3. The average Bonchev–Trinajstić information content (AvgIpc) is 3.17. The van der Waals surface area contributed by atoms with Gasteiger partial charge in [-0.1, -0.05) is 32.9 Å². The van der Waals surface area contributed by atoms with Gasteiger partial charge in [-0.05, 0) is 67.3 Å². The number of thiophene rings is 1. The first-order chi connectivity index (χ1) is 14.9. The molecule has 6 heteroatoms. The summed E-state index contributed by atoms with van der Waals surface area (Å²) < 4.78 is 5.32. The molecule has 0 spiro atoms. The van der Waals surface area contributed by atoms with Crippen molar-refractivity contribution < 1.29 is 14.3 Å². The maximum atomic E-state index is 13.7. The number of benzene rings is 1. The van der Waals surface area contributed by atoms with Crippen molar-refractivity contribution in [2.24, 2.45) is 5.41 Å². The molecule has 0 fully saturated rings. The third-order valence-electron chi connectivity index (χ3n) is 5.80. The van der Waals surface area contributed by atoms with Crippen molar-refractivity contribution in [3.8, 4) is 5.75 Å². The van der Waals surface area contributed by atoms with Gasteiger partial charge in [0.05, 0.1) is 13.2 Å². The Kier molecular flexibility index (Phi) is 7.03. The molecule has 2 amide bonds. The van der Waals surface area contributed by atoms with Crippen molar-refractivity contribution in [1.82, 2.24) is 9.80 Å². The molecule has 1 unspecified atom stereocenters. The van der Waals surface area contributed by atoms with E-state index in [1.54, 1.807) is 23.3 Å². The van der Waals surface area contributed by atoms with Gasteiger partial charge in [0, 0.05) is 23.4 Å². The second-order valence-corrected chi connectivity index (χ2v) is 11.7. The molecule has 0 radical (unpaired) electrons. The van der Waals surface area contributed by atoms with Crippen LogP contribution in [0.3, 0.4) is 0 Å². The highest BCUT2D eigenvalue weighted by atomic mass is 32.1. The molecule has 0 bridgehead atoms. The van der Waals surface area contributed by atoms with Crippen LogP contribution in [0.1, 0.15) is 70.0 Å². The van der Waals surface area contributed by atoms with Gasteiger partial charge in [0.25, 0.3) is 0 Å². The number of fused-ring (bicyclic) bond motifs is 1. The van der Waals surface area contributed by atoms with Crippen molar-refractivity contribution in [3.63, 3.8) is 0 Å². The van der Waals surface area contributed by atoms with E-state index in [1.165, 1.54) is 10.4 Å². The lowest BCUT2D eigenvalue weighted by Gasteiger charge is -2.41. The summed E-state index contributed by atoms with van der Waals surface area (Å²) in [6, 6.07) is 9.91. The summed E-state index contributed by atoms with van der Waals surface area (Å²) in [7, 11) is 1.65. The van der Waals surface area contributed by atoms with Crippen LogP contribution in [-0.4, -0.2) is 47.4 Å². The molecular formula is C26H36N2O3S. The van der Waals surface area contributed by atoms with Crippen LogP contribution in [-0.2, 0) is 16.0 Å². The molecule has 0 N–H and O–H groups in total. The Morgan fingerprint density at radius 3 is 2.31 bits per heavy atom. The van der Waals surface area contributed by atoms with Gasteiger partial charge >= 0.3 is 0 Å². The van der Waals surface area contributed by atoms with Crippen LogP contribution in [0.2, 0.25) is 0 Å². The number of hydrogen-bond acceptors (Lipinski definition) is 4. The number of carbonyl (C=O) groups is 2. The van der Waals surface area contributed by atoms with Gasteiger partial charge in [0.1, 0.15) is 12.3 Å². The molecule has 0 saturated carbocycles. The van der Waals surface area contributed by atoms with Gasteiger partial charge in [0.2, 0.25) is 11.8 Å². The number of methoxy groups -OCH3 is 1. The zero-order valence-corrected chi connectivity index (χ0v) is 21.2. The molecule has 5 nitrogen and oxygen atoms in total. The Labute approximate surface area is 196 Å². The molecule has 1 aromatic carbocycles. The fourth-order valence-electron chi connectivity index (χ4n) is 4.21. The predicted octanol–water partition coefficient (Wildman–Crippen LogP) is 5.29. The minimum atomic E-state index is -0.434. The van der Waals surface area contributed by atoms with Crippen LogP contribution in [0.15, 0.2) is 35.7 Å². The number of rotatable bonds is 5. The second kappa shape index (κ2) is 9.26. The molecule has 1 atom stereocenters. The summed E-state index contributed by atoms with van der Waals surface area (Å²) in [4.78, 5) is 31.8. The zero-order valence-electron chi connectivity index (χ0n) is 20.4. The van der Waals surface area contributed by atoms with Crippen LogP contribution >= 0.6 is 11.3 Å². The van der Waals surface area contributed by atoms with Gasteiger partial charge in [-0.15, -0.1) is 11.3 Å². The average molecular weight is 457 g/mol. The monoisotopic (exact) mass is 456 g/mol. The third kappa shape index (κ3) is 5.52. The standard InChI is InChI=1S/C26H36N2O3S/c1-25(2,3)16-22(29)28(26(4,5)6)17-23(30)27-14-12-21-20(13-15-32-21)24(27)18-8-10-19(31-7)11-9-18/h8-11,13,15,24H,12,14,16-17H2,1-7H3. The maximum Gasteiger partial charge on any atom is 0.243 e. The van der Waals surface area contributed by atoms with E-state index < -0.39 is 5.54 Å². The Morgan fingerprint density at radius 2 is 1.75 bits per heavy atom. The fourth-order valence-corrected chi connectivity index (χ4v) is 5.11. The number of ether oxygens (including phenoxy) is 1. The van der Waals surface area contributed by atoms with E-state index in [-0.39, 0.29) is 29.8 Å². The molecule has 32 heavy (non-hydrogen) atoms. The summed E-state index contributed by atoms with van der Waals surface area (Å²) in [6.07, 6.45) is 1.25. The minimum Gasteiger partial charge on any atom is -0.497 e.